The number of nitrogens with zero attached hydrogens (tertiary/aromatic N) is 2. The molecule has 1 N–H and O–H groups in total. The van der Waals surface area contributed by atoms with Crippen LogP contribution in [0.25, 0.3) is 10.2 Å². The topological polar surface area (TPSA) is 54.5 Å². The maximum absolute atomic E-state index is 13.2. The van der Waals surface area contributed by atoms with Gasteiger partial charge in [0.15, 0.2) is 5.13 Å². The molecule has 2 heterocycles. The third-order valence-electron chi connectivity index (χ3n) is 4.25. The molecule has 0 aliphatic carbocycles. The Morgan fingerprint density at radius 2 is 2.39 bits per heavy atom. The summed E-state index contributed by atoms with van der Waals surface area (Å²) in [6.07, 6.45) is 2.24. The first-order valence-corrected chi connectivity index (χ1v) is 8.52. The van der Waals surface area contributed by atoms with Crippen molar-refractivity contribution in [3.8, 4) is 0 Å². The lowest BCUT2D eigenvalue weighted by molar-refractivity contribution is -0.122. The molecule has 1 aromatic heterocycles. The fourth-order valence-electron chi connectivity index (χ4n) is 2.84. The van der Waals surface area contributed by atoms with Crippen LogP contribution in [-0.4, -0.2) is 48.1 Å². The van der Waals surface area contributed by atoms with Gasteiger partial charge in [-0.05, 0) is 44.5 Å². The van der Waals surface area contributed by atoms with Crippen LogP contribution < -0.4 is 5.32 Å². The number of nitrogens with one attached hydrogen (secondary N) is 1. The predicted molar refractivity (Wildman–Crippen MR) is 89.3 cm³/mol. The lowest BCUT2D eigenvalue weighted by Crippen LogP contribution is -2.48. The number of hydrogen-bond donors (Lipinski definition) is 1. The van der Waals surface area contributed by atoms with Gasteiger partial charge in [-0.15, -0.1) is 0 Å². The maximum atomic E-state index is 13.2. The highest BCUT2D eigenvalue weighted by Gasteiger charge is 2.27. The number of carbonyl (C=O) groups excluding carboxylic acids is 1. The number of likely N-dealkylation sites (tertiary alicyclic amines) is 1. The van der Waals surface area contributed by atoms with Crippen LogP contribution in [0.4, 0.5) is 9.52 Å². The van der Waals surface area contributed by atoms with Crippen LogP contribution in [0.1, 0.15) is 19.8 Å². The monoisotopic (exact) mass is 337 g/mol. The molecule has 7 heteroatoms. The number of ether oxygens (including phenoxy) is 1. The number of anilines is 1. The van der Waals surface area contributed by atoms with Gasteiger partial charge in [-0.1, -0.05) is 11.3 Å². The highest BCUT2D eigenvalue weighted by atomic mass is 32.1. The molecule has 2 aromatic rings. The van der Waals surface area contributed by atoms with Crippen LogP contribution >= 0.6 is 11.3 Å². The average molecular weight is 337 g/mol. The lowest BCUT2D eigenvalue weighted by Gasteiger charge is -2.35. The second-order valence-electron chi connectivity index (χ2n) is 5.79. The number of rotatable bonds is 4. The predicted octanol–water partition coefficient (Wildman–Crippen LogP) is 2.87. The quantitative estimate of drug-likeness (QED) is 0.932. The molecule has 1 saturated heterocycles. The van der Waals surface area contributed by atoms with Crippen LogP contribution in [0.5, 0.6) is 0 Å². The normalized spacial score (nSPS) is 20.6. The van der Waals surface area contributed by atoms with E-state index in [0.29, 0.717) is 10.6 Å². The molecule has 23 heavy (non-hydrogen) atoms. The molecule has 0 spiro atoms. The molecule has 124 valence electrons. The number of thiazole rings is 1. The summed E-state index contributed by atoms with van der Waals surface area (Å²) in [7, 11) is 1.71. The third-order valence-corrected chi connectivity index (χ3v) is 5.18. The molecule has 2 atom stereocenters. The van der Waals surface area contributed by atoms with E-state index >= 15 is 0 Å². The van der Waals surface area contributed by atoms with Crippen molar-refractivity contribution in [3.63, 3.8) is 0 Å². The van der Waals surface area contributed by atoms with Crippen molar-refractivity contribution in [1.29, 1.82) is 0 Å². The van der Waals surface area contributed by atoms with Crippen molar-refractivity contribution in [3.05, 3.63) is 24.0 Å². The zero-order chi connectivity index (χ0) is 16.4. The minimum Gasteiger partial charge on any atom is -0.380 e. The van der Waals surface area contributed by atoms with Gasteiger partial charge < -0.3 is 10.1 Å². The van der Waals surface area contributed by atoms with Gasteiger partial charge in [-0.3, -0.25) is 9.69 Å². The summed E-state index contributed by atoms with van der Waals surface area (Å²) in [6.45, 7) is 3.54. The van der Waals surface area contributed by atoms with Crippen molar-refractivity contribution < 1.29 is 13.9 Å². The van der Waals surface area contributed by atoms with E-state index in [-0.39, 0.29) is 23.9 Å². The molecule has 1 amide bonds. The van der Waals surface area contributed by atoms with Crippen molar-refractivity contribution in [2.45, 2.75) is 31.9 Å². The Morgan fingerprint density at radius 3 is 3.17 bits per heavy atom. The Bertz CT molecular complexity index is 706. The zero-order valence-electron chi connectivity index (χ0n) is 13.2. The number of carbonyl (C=O) groups is 1. The van der Waals surface area contributed by atoms with Gasteiger partial charge in [-0.25, -0.2) is 9.37 Å². The van der Waals surface area contributed by atoms with Crippen molar-refractivity contribution in [2.24, 2.45) is 0 Å². The van der Waals surface area contributed by atoms with Gasteiger partial charge in [0.25, 0.3) is 0 Å². The molecule has 5 nitrogen and oxygen atoms in total. The summed E-state index contributed by atoms with van der Waals surface area (Å²) in [4.78, 5) is 18.9. The van der Waals surface area contributed by atoms with Crippen LogP contribution in [0.2, 0.25) is 0 Å². The number of hydrogen-bond acceptors (Lipinski definition) is 5. The first-order valence-electron chi connectivity index (χ1n) is 7.70. The van der Waals surface area contributed by atoms with Gasteiger partial charge in [-0.2, -0.15) is 0 Å². The van der Waals surface area contributed by atoms with Gasteiger partial charge in [0.2, 0.25) is 5.91 Å². The molecule has 1 fully saturated rings. The standard InChI is InChI=1S/C16H20FN3O2S/c1-10(20-7-3-4-12(9-20)22-2)15(21)19-16-18-13-6-5-11(17)8-14(13)23-16/h5-6,8,10,12H,3-4,7,9H2,1-2H3,(H,18,19,21). The molecule has 0 radical (unpaired) electrons. The van der Waals surface area contributed by atoms with Crippen molar-refractivity contribution in [1.82, 2.24) is 9.88 Å². The number of benzene rings is 1. The van der Waals surface area contributed by atoms with E-state index in [9.17, 15) is 9.18 Å². The van der Waals surface area contributed by atoms with Gasteiger partial charge >= 0.3 is 0 Å². The van der Waals surface area contributed by atoms with Crippen LogP contribution in [0.3, 0.4) is 0 Å². The van der Waals surface area contributed by atoms with Gasteiger partial charge in [0.1, 0.15) is 5.82 Å². The number of piperidine rings is 1. The molecule has 2 unspecified atom stereocenters. The van der Waals surface area contributed by atoms with Gasteiger partial charge in [0.05, 0.1) is 22.4 Å². The Balaban J connectivity index is 1.67. The van der Waals surface area contributed by atoms with Crippen molar-refractivity contribution in [2.75, 3.05) is 25.5 Å². The van der Waals surface area contributed by atoms with E-state index in [2.05, 4.69) is 15.2 Å². The molecule has 0 bridgehead atoms. The van der Waals surface area contributed by atoms with E-state index in [0.717, 1.165) is 30.6 Å². The molecule has 1 aliphatic rings. The molecule has 0 saturated carbocycles. The Labute approximate surface area is 138 Å². The van der Waals surface area contributed by atoms with E-state index in [4.69, 9.17) is 4.74 Å². The Morgan fingerprint density at radius 1 is 1.57 bits per heavy atom. The first kappa shape index (κ1) is 16.3. The SMILES string of the molecule is COC1CCCN(C(C)C(=O)Nc2nc3ccc(F)cc3s2)C1. The van der Waals surface area contributed by atoms with E-state index in [1.54, 1.807) is 13.2 Å². The summed E-state index contributed by atoms with van der Waals surface area (Å²) in [5.74, 6) is -0.396. The Kier molecular flexibility index (Phi) is 4.89. The molecule has 1 aromatic carbocycles. The molecular formula is C16H20FN3O2S. The Hall–Kier alpha value is -1.57. The number of aromatic nitrogens is 1. The van der Waals surface area contributed by atoms with E-state index in [1.807, 2.05) is 6.92 Å². The third kappa shape index (κ3) is 3.68. The molecular weight excluding hydrogens is 317 g/mol. The van der Waals surface area contributed by atoms with Crippen LogP contribution in [-0.2, 0) is 9.53 Å². The van der Waals surface area contributed by atoms with E-state index < -0.39 is 0 Å². The second kappa shape index (κ2) is 6.90. The van der Waals surface area contributed by atoms with Gasteiger partial charge in [0, 0.05) is 13.7 Å². The highest BCUT2D eigenvalue weighted by Crippen LogP contribution is 2.27. The number of fused-ring (bicyclic) bond motifs is 1. The summed E-state index contributed by atoms with van der Waals surface area (Å²) in [5.41, 5.74) is 0.691. The molecule has 1 aliphatic heterocycles. The minimum atomic E-state index is -0.300. The number of amides is 1. The molecule has 3 rings (SSSR count). The summed E-state index contributed by atoms with van der Waals surface area (Å²) < 4.78 is 19.4. The van der Waals surface area contributed by atoms with Crippen LogP contribution in [0.15, 0.2) is 18.2 Å². The van der Waals surface area contributed by atoms with E-state index in [1.165, 1.54) is 23.5 Å². The summed E-state index contributed by atoms with van der Waals surface area (Å²) in [6, 6.07) is 4.17. The first-order chi connectivity index (χ1) is 11.1. The lowest BCUT2D eigenvalue weighted by atomic mass is 10.1. The maximum Gasteiger partial charge on any atom is 0.243 e. The van der Waals surface area contributed by atoms with Crippen LogP contribution in [0, 0.1) is 5.82 Å². The summed E-state index contributed by atoms with van der Waals surface area (Å²) >= 11 is 1.28. The smallest absolute Gasteiger partial charge is 0.243 e. The largest absolute Gasteiger partial charge is 0.380 e. The van der Waals surface area contributed by atoms with Crippen molar-refractivity contribution >= 4 is 32.6 Å². The minimum absolute atomic E-state index is 0.0960. The number of halogens is 1. The fraction of sp³-hybridized carbons (Fsp3) is 0.500. The average Bonchev–Trinajstić information content (AvgIpc) is 2.95. The summed E-state index contributed by atoms with van der Waals surface area (Å²) in [5, 5.41) is 3.35. The zero-order valence-corrected chi connectivity index (χ0v) is 14.0. The second-order valence-corrected chi connectivity index (χ2v) is 6.82. The number of methoxy groups -OCH3 is 1. The highest BCUT2D eigenvalue weighted by molar-refractivity contribution is 7.22. The fourth-order valence-corrected chi connectivity index (χ4v) is 3.73.